The molecule has 5 nitrogen and oxygen atoms in total. The van der Waals surface area contributed by atoms with Gasteiger partial charge in [-0.25, -0.2) is 4.79 Å². The number of urea groups is 1. The first-order chi connectivity index (χ1) is 10.2. The minimum Gasteiger partial charge on any atom is -0.492 e. The van der Waals surface area contributed by atoms with Crippen LogP contribution in [0.5, 0.6) is 5.75 Å². The molecule has 1 aromatic heterocycles. The zero-order chi connectivity index (χ0) is 14.9. The van der Waals surface area contributed by atoms with Crippen molar-refractivity contribution in [3.8, 4) is 5.75 Å². The largest absolute Gasteiger partial charge is 0.492 e. The highest BCUT2D eigenvalue weighted by Crippen LogP contribution is 2.10. The standard InChI is InChI=1S/C16H19N3O2/c1-13-5-7-15(8-6-13)21-11-10-18-16(20)19-12-14-4-2-3-9-17-14/h2-9H,10-12H2,1H3,(H2,18,19,20). The summed E-state index contributed by atoms with van der Waals surface area (Å²) in [7, 11) is 0. The lowest BCUT2D eigenvalue weighted by molar-refractivity contribution is 0.236. The Morgan fingerprint density at radius 2 is 1.95 bits per heavy atom. The number of aryl methyl sites for hydroxylation is 1. The zero-order valence-electron chi connectivity index (χ0n) is 12.0. The van der Waals surface area contributed by atoms with E-state index in [1.807, 2.05) is 49.4 Å². The number of carbonyl (C=O) groups excluding carboxylic acids is 1. The molecule has 0 aliphatic carbocycles. The molecule has 0 atom stereocenters. The Kier molecular flexibility index (Phi) is 5.58. The average Bonchev–Trinajstić information content (AvgIpc) is 2.52. The minimum atomic E-state index is -0.229. The number of pyridine rings is 1. The van der Waals surface area contributed by atoms with E-state index in [1.165, 1.54) is 5.56 Å². The van der Waals surface area contributed by atoms with Crippen LogP contribution in [0.25, 0.3) is 0 Å². The van der Waals surface area contributed by atoms with Crippen LogP contribution in [0.3, 0.4) is 0 Å². The van der Waals surface area contributed by atoms with Gasteiger partial charge < -0.3 is 15.4 Å². The second-order valence-corrected chi connectivity index (χ2v) is 4.59. The summed E-state index contributed by atoms with van der Waals surface area (Å²) in [5, 5.41) is 5.47. The van der Waals surface area contributed by atoms with E-state index in [0.29, 0.717) is 19.7 Å². The summed E-state index contributed by atoms with van der Waals surface area (Å²) in [6.45, 7) is 3.31. The Hall–Kier alpha value is -2.56. The van der Waals surface area contributed by atoms with Crippen molar-refractivity contribution in [2.24, 2.45) is 0 Å². The molecule has 0 saturated heterocycles. The number of hydrogen-bond donors (Lipinski definition) is 2. The summed E-state index contributed by atoms with van der Waals surface area (Å²) in [5.74, 6) is 0.802. The van der Waals surface area contributed by atoms with Crippen molar-refractivity contribution in [2.45, 2.75) is 13.5 Å². The summed E-state index contributed by atoms with van der Waals surface area (Å²) in [6.07, 6.45) is 1.70. The van der Waals surface area contributed by atoms with Gasteiger partial charge in [-0.2, -0.15) is 0 Å². The molecule has 110 valence electrons. The normalized spacial score (nSPS) is 9.95. The lowest BCUT2D eigenvalue weighted by atomic mass is 10.2. The molecule has 1 heterocycles. The van der Waals surface area contributed by atoms with Gasteiger partial charge in [0.1, 0.15) is 12.4 Å². The topological polar surface area (TPSA) is 63.2 Å². The predicted octanol–water partition coefficient (Wildman–Crippen LogP) is 2.27. The molecule has 2 amide bonds. The highest BCUT2D eigenvalue weighted by Gasteiger charge is 2.00. The fourth-order valence-corrected chi connectivity index (χ4v) is 1.70. The number of benzene rings is 1. The van der Waals surface area contributed by atoms with Crippen LogP contribution in [0.15, 0.2) is 48.7 Å². The quantitative estimate of drug-likeness (QED) is 0.800. The number of nitrogens with zero attached hydrogens (tertiary/aromatic N) is 1. The molecular weight excluding hydrogens is 266 g/mol. The van der Waals surface area contributed by atoms with Gasteiger partial charge in [-0.3, -0.25) is 4.98 Å². The third-order valence-electron chi connectivity index (χ3n) is 2.83. The molecule has 0 unspecified atom stereocenters. The van der Waals surface area contributed by atoms with Crippen LogP contribution in [0.4, 0.5) is 4.79 Å². The lowest BCUT2D eigenvalue weighted by Crippen LogP contribution is -2.37. The Morgan fingerprint density at radius 3 is 2.67 bits per heavy atom. The molecule has 2 N–H and O–H groups in total. The molecule has 0 fully saturated rings. The van der Waals surface area contributed by atoms with E-state index < -0.39 is 0 Å². The monoisotopic (exact) mass is 285 g/mol. The smallest absolute Gasteiger partial charge is 0.315 e. The Labute approximate surface area is 124 Å². The molecule has 2 aromatic rings. The van der Waals surface area contributed by atoms with Gasteiger partial charge in [0.15, 0.2) is 0 Å². The SMILES string of the molecule is Cc1ccc(OCCNC(=O)NCc2ccccn2)cc1. The third kappa shape index (κ3) is 5.52. The molecule has 0 radical (unpaired) electrons. The molecule has 5 heteroatoms. The first kappa shape index (κ1) is 14.8. The van der Waals surface area contributed by atoms with Gasteiger partial charge in [0.2, 0.25) is 0 Å². The van der Waals surface area contributed by atoms with Crippen molar-refractivity contribution < 1.29 is 9.53 Å². The molecule has 0 saturated carbocycles. The van der Waals surface area contributed by atoms with Gasteiger partial charge in [0.05, 0.1) is 18.8 Å². The van der Waals surface area contributed by atoms with Gasteiger partial charge in [0.25, 0.3) is 0 Å². The maximum Gasteiger partial charge on any atom is 0.315 e. The number of aromatic nitrogens is 1. The van der Waals surface area contributed by atoms with Crippen LogP contribution in [-0.2, 0) is 6.54 Å². The molecule has 2 rings (SSSR count). The van der Waals surface area contributed by atoms with E-state index >= 15 is 0 Å². The van der Waals surface area contributed by atoms with Crippen molar-refractivity contribution in [3.63, 3.8) is 0 Å². The van der Waals surface area contributed by atoms with Crippen molar-refractivity contribution >= 4 is 6.03 Å². The van der Waals surface area contributed by atoms with Crippen molar-refractivity contribution in [1.82, 2.24) is 15.6 Å². The van der Waals surface area contributed by atoms with E-state index in [-0.39, 0.29) is 6.03 Å². The summed E-state index contributed by atoms with van der Waals surface area (Å²) in [5.41, 5.74) is 2.01. The second kappa shape index (κ2) is 7.89. The highest BCUT2D eigenvalue weighted by atomic mass is 16.5. The summed E-state index contributed by atoms with van der Waals surface area (Å²) >= 11 is 0. The Morgan fingerprint density at radius 1 is 1.14 bits per heavy atom. The van der Waals surface area contributed by atoms with Crippen LogP contribution in [0.2, 0.25) is 0 Å². The fourth-order valence-electron chi connectivity index (χ4n) is 1.70. The van der Waals surface area contributed by atoms with Crippen molar-refractivity contribution in [2.75, 3.05) is 13.2 Å². The summed E-state index contributed by atoms with van der Waals surface area (Å²) in [4.78, 5) is 15.7. The zero-order valence-corrected chi connectivity index (χ0v) is 12.0. The van der Waals surface area contributed by atoms with Crippen LogP contribution < -0.4 is 15.4 Å². The van der Waals surface area contributed by atoms with Crippen LogP contribution in [0, 0.1) is 6.92 Å². The Bertz CT molecular complexity index is 555. The van der Waals surface area contributed by atoms with E-state index in [0.717, 1.165) is 11.4 Å². The minimum absolute atomic E-state index is 0.229. The highest BCUT2D eigenvalue weighted by molar-refractivity contribution is 5.73. The maximum atomic E-state index is 11.6. The van der Waals surface area contributed by atoms with Gasteiger partial charge in [-0.15, -0.1) is 0 Å². The molecule has 0 aliphatic heterocycles. The number of amides is 2. The van der Waals surface area contributed by atoms with E-state index in [1.54, 1.807) is 6.20 Å². The lowest BCUT2D eigenvalue weighted by Gasteiger charge is -2.09. The van der Waals surface area contributed by atoms with E-state index in [2.05, 4.69) is 15.6 Å². The first-order valence-corrected chi connectivity index (χ1v) is 6.85. The van der Waals surface area contributed by atoms with Crippen molar-refractivity contribution in [1.29, 1.82) is 0 Å². The number of rotatable bonds is 6. The van der Waals surface area contributed by atoms with E-state index in [4.69, 9.17) is 4.74 Å². The first-order valence-electron chi connectivity index (χ1n) is 6.85. The number of carbonyl (C=O) groups is 1. The van der Waals surface area contributed by atoms with Gasteiger partial charge in [-0.05, 0) is 31.2 Å². The van der Waals surface area contributed by atoms with E-state index in [9.17, 15) is 4.79 Å². The number of nitrogens with one attached hydrogen (secondary N) is 2. The average molecular weight is 285 g/mol. The molecule has 0 spiro atoms. The molecule has 0 aliphatic rings. The summed E-state index contributed by atoms with van der Waals surface area (Å²) < 4.78 is 5.52. The number of hydrogen-bond acceptors (Lipinski definition) is 3. The molecule has 21 heavy (non-hydrogen) atoms. The molecule has 1 aromatic carbocycles. The van der Waals surface area contributed by atoms with Gasteiger partial charge in [-0.1, -0.05) is 23.8 Å². The Balaban J connectivity index is 1.60. The predicted molar refractivity (Wildman–Crippen MR) is 81.1 cm³/mol. The molecular formula is C16H19N3O2. The van der Waals surface area contributed by atoms with Crippen molar-refractivity contribution in [3.05, 3.63) is 59.9 Å². The van der Waals surface area contributed by atoms with Gasteiger partial charge in [0, 0.05) is 6.20 Å². The van der Waals surface area contributed by atoms with Crippen LogP contribution in [-0.4, -0.2) is 24.2 Å². The molecule has 0 bridgehead atoms. The maximum absolute atomic E-state index is 11.6. The fraction of sp³-hybridized carbons (Fsp3) is 0.250. The number of ether oxygens (including phenoxy) is 1. The van der Waals surface area contributed by atoms with Crippen LogP contribution >= 0.6 is 0 Å². The van der Waals surface area contributed by atoms with Gasteiger partial charge >= 0.3 is 6.03 Å². The second-order valence-electron chi connectivity index (χ2n) is 4.59. The third-order valence-corrected chi connectivity index (χ3v) is 2.83. The van der Waals surface area contributed by atoms with Crippen LogP contribution in [0.1, 0.15) is 11.3 Å². The summed E-state index contributed by atoms with van der Waals surface area (Å²) in [6, 6.07) is 13.2.